The molecule has 0 saturated carbocycles. The lowest BCUT2D eigenvalue weighted by molar-refractivity contribution is -0.0389. The molecule has 4 atom stereocenters. The predicted molar refractivity (Wildman–Crippen MR) is 209 cm³/mol. The van der Waals surface area contributed by atoms with Gasteiger partial charge in [0, 0.05) is 20.3 Å². The highest BCUT2D eigenvalue weighted by atomic mass is 31.1. The van der Waals surface area contributed by atoms with Crippen LogP contribution in [0.3, 0.4) is 0 Å². The van der Waals surface area contributed by atoms with Gasteiger partial charge in [-0.2, -0.15) is 0 Å². The molecule has 0 amide bonds. The van der Waals surface area contributed by atoms with E-state index in [4.69, 9.17) is 27.6 Å². The molecule has 0 aliphatic carbocycles. The molecule has 290 valence electrons. The molecule has 9 heteroatoms. The second-order valence-electron chi connectivity index (χ2n) is 13.7. The zero-order valence-electron chi connectivity index (χ0n) is 32.1. The minimum absolute atomic E-state index is 0.0697. The molecule has 1 N–H and O–H groups in total. The first-order valence-electron chi connectivity index (χ1n) is 20.5. The van der Waals surface area contributed by atoms with E-state index in [1.165, 1.54) is 167 Å². The average molecular weight is 725 g/mol. The molecule has 0 aromatic heterocycles. The van der Waals surface area contributed by atoms with Crippen LogP contribution in [0.25, 0.3) is 0 Å². The minimum atomic E-state index is -0.690. The quantitative estimate of drug-likeness (QED) is 0.0495. The van der Waals surface area contributed by atoms with Crippen LogP contribution in [0.15, 0.2) is 0 Å². The second kappa shape index (κ2) is 43.7. The first-order valence-corrected chi connectivity index (χ1v) is 22.1. The number of aliphatic hydroxyl groups is 1. The Hall–Kier alpha value is 0.580. The maximum atomic E-state index is 9.90. The van der Waals surface area contributed by atoms with E-state index >= 15 is 0 Å². The van der Waals surface area contributed by atoms with Crippen LogP contribution in [-0.4, -0.2) is 64.1 Å². The summed E-state index contributed by atoms with van der Waals surface area (Å²) in [6, 6.07) is 0. The lowest BCUT2D eigenvalue weighted by Gasteiger charge is -2.18. The van der Waals surface area contributed by atoms with Gasteiger partial charge in [-0.25, -0.2) is 0 Å². The molecule has 2 unspecified atom stereocenters. The first-order chi connectivity index (χ1) is 23.7. The highest BCUT2D eigenvalue weighted by molar-refractivity contribution is 7.26. The molecular formula is C39H82O7P2. The molecule has 0 aromatic carbocycles. The molecule has 0 aliphatic heterocycles. The SMILES string of the molecule is CCCCCCCCCCCCCCCCOC[C@@H](COPOC[C@H](O)COPOC)OCCCCCCCCCCCCCCCC. The summed E-state index contributed by atoms with van der Waals surface area (Å²) in [5.41, 5.74) is 0. The van der Waals surface area contributed by atoms with Gasteiger partial charge >= 0.3 is 0 Å². The van der Waals surface area contributed by atoms with E-state index in [1.54, 1.807) is 7.11 Å². The van der Waals surface area contributed by atoms with Crippen LogP contribution < -0.4 is 0 Å². The van der Waals surface area contributed by atoms with Gasteiger partial charge in [0.15, 0.2) is 18.1 Å². The fourth-order valence-electron chi connectivity index (χ4n) is 5.84. The Morgan fingerprint density at radius 2 is 0.771 bits per heavy atom. The summed E-state index contributed by atoms with van der Waals surface area (Å²) in [6.07, 6.45) is 37.3. The highest BCUT2D eigenvalue weighted by Gasteiger charge is 2.11. The van der Waals surface area contributed by atoms with Crippen molar-refractivity contribution in [2.75, 3.05) is 46.8 Å². The van der Waals surface area contributed by atoms with Crippen LogP contribution in [0.4, 0.5) is 0 Å². The molecule has 48 heavy (non-hydrogen) atoms. The zero-order valence-corrected chi connectivity index (χ0v) is 34.1. The highest BCUT2D eigenvalue weighted by Crippen LogP contribution is 2.18. The van der Waals surface area contributed by atoms with Gasteiger partial charge in [-0.3, -0.25) is 0 Å². The molecule has 0 fully saturated rings. The maximum absolute atomic E-state index is 9.90. The van der Waals surface area contributed by atoms with Gasteiger partial charge in [0.2, 0.25) is 0 Å². The van der Waals surface area contributed by atoms with Gasteiger partial charge in [-0.15, -0.1) is 0 Å². The molecule has 7 nitrogen and oxygen atoms in total. The van der Waals surface area contributed by atoms with Crippen LogP contribution in [0.1, 0.15) is 194 Å². The molecule has 0 aromatic rings. The number of unbranched alkanes of at least 4 members (excludes halogenated alkanes) is 26. The van der Waals surface area contributed by atoms with E-state index < -0.39 is 6.10 Å². The maximum Gasteiger partial charge on any atom is 0.155 e. The summed E-state index contributed by atoms with van der Waals surface area (Å²) in [5, 5.41) is 9.90. The Morgan fingerprint density at radius 1 is 0.417 bits per heavy atom. The minimum Gasteiger partial charge on any atom is -0.388 e. The summed E-state index contributed by atoms with van der Waals surface area (Å²) in [7, 11) is 1.35. The summed E-state index contributed by atoms with van der Waals surface area (Å²) in [5.74, 6) is 0. The standard InChI is InChI=1S/C39H82O7P2/c1-4-6-8-10-12-14-16-18-20-22-24-26-28-30-32-42-36-39(37-46-48-45-35-38(40)34-44-47-41-3)43-33-31-29-27-25-23-21-19-17-15-13-11-9-7-5-2/h38-40,47-48H,4-37H2,1-3H3/t38-,39+/m1/s1. The number of ether oxygens (including phenoxy) is 2. The van der Waals surface area contributed by atoms with Gasteiger partial charge in [-0.1, -0.05) is 181 Å². The lowest BCUT2D eigenvalue weighted by atomic mass is 10.0. The molecule has 0 spiro atoms. The Kier molecular flexibility index (Phi) is 44.3. The van der Waals surface area contributed by atoms with Crippen molar-refractivity contribution < 1.29 is 32.7 Å². The molecule has 0 radical (unpaired) electrons. The van der Waals surface area contributed by atoms with Crippen LogP contribution in [0.2, 0.25) is 0 Å². The van der Waals surface area contributed by atoms with Gasteiger partial charge in [0.1, 0.15) is 12.2 Å². The number of rotatable bonds is 43. The summed E-state index contributed by atoms with van der Waals surface area (Å²) < 4.78 is 33.5. The van der Waals surface area contributed by atoms with Crippen LogP contribution in [0, 0.1) is 0 Å². The fourth-order valence-corrected chi connectivity index (χ4v) is 6.82. The Labute approximate surface area is 302 Å². The van der Waals surface area contributed by atoms with E-state index in [-0.39, 0.29) is 37.4 Å². The van der Waals surface area contributed by atoms with Crippen molar-refractivity contribution in [3.63, 3.8) is 0 Å². The Bertz CT molecular complexity index is 576. The van der Waals surface area contributed by atoms with Crippen molar-refractivity contribution in [2.24, 2.45) is 0 Å². The monoisotopic (exact) mass is 725 g/mol. The van der Waals surface area contributed by atoms with Crippen molar-refractivity contribution in [1.82, 2.24) is 0 Å². The molecule has 0 rings (SSSR count). The molecule has 0 heterocycles. The predicted octanol–water partition coefficient (Wildman–Crippen LogP) is 12.4. The summed E-state index contributed by atoms with van der Waals surface area (Å²) in [4.78, 5) is 0. The van der Waals surface area contributed by atoms with Crippen LogP contribution in [-0.2, 0) is 27.6 Å². The lowest BCUT2D eigenvalue weighted by Crippen LogP contribution is -2.25. The van der Waals surface area contributed by atoms with Crippen molar-refractivity contribution in [2.45, 2.75) is 206 Å². The van der Waals surface area contributed by atoms with E-state index in [9.17, 15) is 5.11 Å². The van der Waals surface area contributed by atoms with Crippen LogP contribution >= 0.6 is 18.1 Å². The van der Waals surface area contributed by atoms with Crippen molar-refractivity contribution in [1.29, 1.82) is 0 Å². The van der Waals surface area contributed by atoms with E-state index in [2.05, 4.69) is 13.8 Å². The molecule has 0 aliphatic rings. The zero-order chi connectivity index (χ0) is 34.9. The third kappa shape index (κ3) is 41.0. The third-order valence-corrected chi connectivity index (χ3v) is 9.90. The van der Waals surface area contributed by atoms with Crippen molar-refractivity contribution >= 4 is 18.1 Å². The first kappa shape index (κ1) is 48.6. The topological polar surface area (TPSA) is 75.6 Å². The third-order valence-electron chi connectivity index (χ3n) is 8.88. The molecule has 0 bridgehead atoms. The average Bonchev–Trinajstić information content (AvgIpc) is 3.09. The largest absolute Gasteiger partial charge is 0.388 e. The van der Waals surface area contributed by atoms with Crippen LogP contribution in [0.5, 0.6) is 0 Å². The fraction of sp³-hybridized carbons (Fsp3) is 1.00. The van der Waals surface area contributed by atoms with Gasteiger partial charge in [-0.05, 0) is 12.8 Å². The van der Waals surface area contributed by atoms with Gasteiger partial charge in [0.25, 0.3) is 0 Å². The van der Waals surface area contributed by atoms with E-state index in [1.807, 2.05) is 0 Å². The molecule has 0 saturated heterocycles. The molecular weight excluding hydrogens is 642 g/mol. The summed E-state index contributed by atoms with van der Waals surface area (Å²) >= 11 is 0. The van der Waals surface area contributed by atoms with Crippen molar-refractivity contribution in [3.05, 3.63) is 0 Å². The second-order valence-corrected chi connectivity index (χ2v) is 15.3. The van der Waals surface area contributed by atoms with Crippen molar-refractivity contribution in [3.8, 4) is 0 Å². The number of hydrogen-bond donors (Lipinski definition) is 1. The van der Waals surface area contributed by atoms with Gasteiger partial charge in [0.05, 0.1) is 26.4 Å². The normalized spacial score (nSPS) is 13.5. The summed E-state index contributed by atoms with van der Waals surface area (Å²) in [6.45, 7) is 7.45. The van der Waals surface area contributed by atoms with E-state index in [0.717, 1.165) is 26.1 Å². The smallest absolute Gasteiger partial charge is 0.155 e. The number of hydrogen-bond acceptors (Lipinski definition) is 7. The Balaban J connectivity index is 3.92. The Morgan fingerprint density at radius 3 is 1.19 bits per heavy atom. The van der Waals surface area contributed by atoms with E-state index in [0.29, 0.717) is 13.2 Å². The van der Waals surface area contributed by atoms with Gasteiger partial charge < -0.3 is 32.7 Å². The number of aliphatic hydroxyl groups excluding tert-OH is 1.